The van der Waals surface area contributed by atoms with Gasteiger partial charge in [-0.15, -0.1) is 0 Å². The minimum Gasteiger partial charge on any atom is -0.507 e. The lowest BCUT2D eigenvalue weighted by atomic mass is 9.80. The van der Waals surface area contributed by atoms with Crippen molar-refractivity contribution in [2.45, 2.75) is 59.3 Å². The standard InChI is InChI=1S/C17H26O3/c1-6-17(4,5)14-11-13(10-12(3)16(14)19)8-9-15(18)20-7-2/h10-11,19H,6-9H2,1-5H3. The number of phenols is 1. The molecule has 1 N–H and O–H groups in total. The van der Waals surface area contributed by atoms with Crippen LogP contribution in [0.25, 0.3) is 0 Å². The molecule has 0 unspecified atom stereocenters. The molecule has 0 amide bonds. The zero-order valence-corrected chi connectivity index (χ0v) is 13.2. The average molecular weight is 278 g/mol. The summed E-state index contributed by atoms with van der Waals surface area (Å²) in [5, 5.41) is 10.3. The molecule has 3 heteroatoms. The Kier molecular flexibility index (Phi) is 5.61. The Balaban J connectivity index is 2.97. The number of carbonyl (C=O) groups is 1. The average Bonchev–Trinajstić information content (AvgIpc) is 2.40. The SMILES string of the molecule is CCOC(=O)CCc1cc(C)c(O)c(C(C)(C)CC)c1. The Morgan fingerprint density at radius 2 is 1.95 bits per heavy atom. The second kappa shape index (κ2) is 6.78. The minimum atomic E-state index is -0.172. The zero-order valence-electron chi connectivity index (χ0n) is 13.2. The summed E-state index contributed by atoms with van der Waals surface area (Å²) >= 11 is 0. The summed E-state index contributed by atoms with van der Waals surface area (Å²) in [5.41, 5.74) is 2.82. The number of carbonyl (C=O) groups excluding carboxylic acids is 1. The minimum absolute atomic E-state index is 0.0746. The molecule has 0 fully saturated rings. The monoisotopic (exact) mass is 278 g/mol. The first-order valence-electron chi connectivity index (χ1n) is 7.30. The third-order valence-corrected chi connectivity index (χ3v) is 3.90. The first-order valence-corrected chi connectivity index (χ1v) is 7.30. The van der Waals surface area contributed by atoms with Gasteiger partial charge in [0.05, 0.1) is 6.61 Å². The number of ether oxygens (including phenoxy) is 1. The van der Waals surface area contributed by atoms with Gasteiger partial charge in [0.1, 0.15) is 5.75 Å². The Hall–Kier alpha value is -1.51. The van der Waals surface area contributed by atoms with Crippen molar-refractivity contribution in [1.82, 2.24) is 0 Å². The summed E-state index contributed by atoms with van der Waals surface area (Å²) in [5.74, 6) is 0.200. The van der Waals surface area contributed by atoms with E-state index in [4.69, 9.17) is 4.74 Å². The number of aromatic hydroxyl groups is 1. The largest absolute Gasteiger partial charge is 0.507 e. The van der Waals surface area contributed by atoms with E-state index in [-0.39, 0.29) is 11.4 Å². The van der Waals surface area contributed by atoms with Crippen molar-refractivity contribution in [2.75, 3.05) is 6.61 Å². The highest BCUT2D eigenvalue weighted by molar-refractivity contribution is 5.69. The number of hydrogen-bond donors (Lipinski definition) is 1. The fourth-order valence-electron chi connectivity index (χ4n) is 2.18. The molecule has 0 saturated heterocycles. The second-order valence-electron chi connectivity index (χ2n) is 5.85. The lowest BCUT2D eigenvalue weighted by Crippen LogP contribution is -2.16. The fourth-order valence-corrected chi connectivity index (χ4v) is 2.18. The van der Waals surface area contributed by atoms with E-state index in [0.717, 1.165) is 23.1 Å². The molecule has 0 bridgehead atoms. The molecule has 0 atom stereocenters. The van der Waals surface area contributed by atoms with Gasteiger partial charge in [-0.25, -0.2) is 0 Å². The molecule has 0 aromatic heterocycles. The molecule has 1 aromatic carbocycles. The van der Waals surface area contributed by atoms with E-state index in [2.05, 4.69) is 20.8 Å². The number of rotatable bonds is 6. The van der Waals surface area contributed by atoms with Crippen LogP contribution in [0.1, 0.15) is 57.2 Å². The third-order valence-electron chi connectivity index (χ3n) is 3.90. The summed E-state index contributed by atoms with van der Waals surface area (Å²) in [7, 11) is 0. The van der Waals surface area contributed by atoms with E-state index in [9.17, 15) is 9.90 Å². The van der Waals surface area contributed by atoms with Crippen molar-refractivity contribution in [1.29, 1.82) is 0 Å². The molecule has 1 aromatic rings. The fraction of sp³-hybridized carbons (Fsp3) is 0.588. The number of phenolic OH excluding ortho intramolecular Hbond substituents is 1. The van der Waals surface area contributed by atoms with Gasteiger partial charge in [0.2, 0.25) is 0 Å². The smallest absolute Gasteiger partial charge is 0.306 e. The van der Waals surface area contributed by atoms with Crippen molar-refractivity contribution >= 4 is 5.97 Å². The molecule has 0 saturated carbocycles. The number of aryl methyl sites for hydroxylation is 2. The molecule has 0 spiro atoms. The van der Waals surface area contributed by atoms with Crippen LogP contribution < -0.4 is 0 Å². The molecule has 0 radical (unpaired) electrons. The summed E-state index contributed by atoms with van der Waals surface area (Å²) in [6.07, 6.45) is 1.97. The number of hydrogen-bond acceptors (Lipinski definition) is 3. The van der Waals surface area contributed by atoms with Gasteiger partial charge in [-0.2, -0.15) is 0 Å². The predicted molar refractivity (Wildman–Crippen MR) is 81.1 cm³/mol. The normalized spacial score (nSPS) is 11.4. The lowest BCUT2D eigenvalue weighted by Gasteiger charge is -2.26. The maximum absolute atomic E-state index is 11.4. The number of benzene rings is 1. The van der Waals surface area contributed by atoms with Crippen LogP contribution in [0.2, 0.25) is 0 Å². The van der Waals surface area contributed by atoms with Gasteiger partial charge in [0, 0.05) is 12.0 Å². The Labute approximate surface area is 122 Å². The van der Waals surface area contributed by atoms with Gasteiger partial charge in [0.15, 0.2) is 0 Å². The summed E-state index contributed by atoms with van der Waals surface area (Å²) in [6, 6.07) is 3.97. The van der Waals surface area contributed by atoms with Crippen molar-refractivity contribution in [3.63, 3.8) is 0 Å². The molecule has 20 heavy (non-hydrogen) atoms. The van der Waals surface area contributed by atoms with Crippen molar-refractivity contribution in [3.05, 3.63) is 28.8 Å². The van der Waals surface area contributed by atoms with Crippen LogP contribution in [0.5, 0.6) is 5.75 Å². The molecule has 0 heterocycles. The van der Waals surface area contributed by atoms with Crippen LogP contribution >= 0.6 is 0 Å². The van der Waals surface area contributed by atoms with Crippen LogP contribution in [0.3, 0.4) is 0 Å². The van der Waals surface area contributed by atoms with Crippen LogP contribution in [0.4, 0.5) is 0 Å². The Morgan fingerprint density at radius 1 is 1.30 bits per heavy atom. The molecular weight excluding hydrogens is 252 g/mol. The second-order valence-corrected chi connectivity index (χ2v) is 5.85. The van der Waals surface area contributed by atoms with E-state index in [1.165, 1.54) is 0 Å². The topological polar surface area (TPSA) is 46.5 Å². The molecule has 0 aliphatic rings. The summed E-state index contributed by atoms with van der Waals surface area (Å²) in [4.78, 5) is 11.4. The van der Waals surface area contributed by atoms with Gasteiger partial charge in [-0.1, -0.05) is 32.9 Å². The maximum Gasteiger partial charge on any atom is 0.306 e. The Bertz CT molecular complexity index is 475. The highest BCUT2D eigenvalue weighted by Gasteiger charge is 2.23. The molecule has 112 valence electrons. The van der Waals surface area contributed by atoms with E-state index in [1.807, 2.05) is 26.0 Å². The zero-order chi connectivity index (χ0) is 15.3. The van der Waals surface area contributed by atoms with Crippen LogP contribution in [0.15, 0.2) is 12.1 Å². The van der Waals surface area contributed by atoms with E-state index in [1.54, 1.807) is 0 Å². The lowest BCUT2D eigenvalue weighted by molar-refractivity contribution is -0.143. The summed E-state index contributed by atoms with van der Waals surface area (Å²) < 4.78 is 4.95. The van der Waals surface area contributed by atoms with Crippen LogP contribution in [-0.2, 0) is 21.4 Å². The van der Waals surface area contributed by atoms with Gasteiger partial charge in [0.25, 0.3) is 0 Å². The molecule has 0 aliphatic carbocycles. The first-order chi connectivity index (χ1) is 9.31. The highest BCUT2D eigenvalue weighted by atomic mass is 16.5. The third kappa shape index (κ3) is 3.99. The van der Waals surface area contributed by atoms with Crippen LogP contribution in [0, 0.1) is 6.92 Å². The molecule has 0 aliphatic heterocycles. The van der Waals surface area contributed by atoms with Crippen molar-refractivity contribution in [3.8, 4) is 5.75 Å². The Morgan fingerprint density at radius 3 is 2.50 bits per heavy atom. The van der Waals surface area contributed by atoms with Gasteiger partial charge in [-0.05, 0) is 43.2 Å². The highest BCUT2D eigenvalue weighted by Crippen LogP contribution is 2.36. The molecule has 3 nitrogen and oxygen atoms in total. The van der Waals surface area contributed by atoms with Crippen molar-refractivity contribution < 1.29 is 14.6 Å². The van der Waals surface area contributed by atoms with E-state index >= 15 is 0 Å². The molecule has 1 rings (SSSR count). The van der Waals surface area contributed by atoms with Crippen LogP contribution in [-0.4, -0.2) is 17.7 Å². The van der Waals surface area contributed by atoms with E-state index < -0.39 is 0 Å². The maximum atomic E-state index is 11.4. The summed E-state index contributed by atoms with van der Waals surface area (Å²) in [6.45, 7) is 10.5. The first kappa shape index (κ1) is 16.5. The molecular formula is C17H26O3. The van der Waals surface area contributed by atoms with Gasteiger partial charge < -0.3 is 9.84 Å². The van der Waals surface area contributed by atoms with Crippen molar-refractivity contribution in [2.24, 2.45) is 0 Å². The number of esters is 1. The predicted octanol–water partition coefficient (Wildman–Crippen LogP) is 3.88. The van der Waals surface area contributed by atoms with Gasteiger partial charge >= 0.3 is 5.97 Å². The quantitative estimate of drug-likeness (QED) is 0.803. The van der Waals surface area contributed by atoms with E-state index in [0.29, 0.717) is 25.2 Å². The van der Waals surface area contributed by atoms with Gasteiger partial charge in [-0.3, -0.25) is 4.79 Å².